The van der Waals surface area contributed by atoms with Gasteiger partial charge >= 0.3 is 5.97 Å². The van der Waals surface area contributed by atoms with Gasteiger partial charge in [-0.2, -0.15) is 0 Å². The van der Waals surface area contributed by atoms with Gasteiger partial charge in [0.1, 0.15) is 5.82 Å². The number of hydrogen-bond donors (Lipinski definition) is 3. The summed E-state index contributed by atoms with van der Waals surface area (Å²) in [5.41, 5.74) is 0.674. The molecule has 0 unspecified atom stereocenters. The second kappa shape index (κ2) is 6.52. The van der Waals surface area contributed by atoms with E-state index in [9.17, 15) is 4.79 Å². The first-order valence-corrected chi connectivity index (χ1v) is 6.51. The van der Waals surface area contributed by atoms with Gasteiger partial charge in [-0.1, -0.05) is 13.3 Å². The van der Waals surface area contributed by atoms with Crippen molar-refractivity contribution in [1.82, 2.24) is 4.98 Å². The molecule has 1 aromatic heterocycles. The highest BCUT2D eigenvalue weighted by Crippen LogP contribution is 2.19. The van der Waals surface area contributed by atoms with E-state index in [2.05, 4.69) is 10.3 Å². The third kappa shape index (κ3) is 4.87. The van der Waals surface area contributed by atoms with Gasteiger partial charge in [0.2, 0.25) is 0 Å². The van der Waals surface area contributed by atoms with Crippen molar-refractivity contribution >= 4 is 11.8 Å². The standard InChI is InChI=1S/C14H22N2O3/c1-4-5-11-8-10(13(18)19)9-12(15-11)16-14(2,3)6-7-17/h8-9,17H,4-7H2,1-3H3,(H,15,16)(H,18,19). The Bertz CT molecular complexity index is 444. The first-order valence-electron chi connectivity index (χ1n) is 6.51. The number of aliphatic hydroxyl groups excluding tert-OH is 1. The van der Waals surface area contributed by atoms with Crippen LogP contribution in [-0.2, 0) is 6.42 Å². The van der Waals surface area contributed by atoms with Crippen LogP contribution in [0.15, 0.2) is 12.1 Å². The number of carboxylic acid groups (broad SMARTS) is 1. The van der Waals surface area contributed by atoms with Gasteiger partial charge in [0.15, 0.2) is 0 Å². The van der Waals surface area contributed by atoms with Crippen molar-refractivity contribution in [3.05, 3.63) is 23.4 Å². The van der Waals surface area contributed by atoms with Crippen molar-refractivity contribution in [3.63, 3.8) is 0 Å². The molecular weight excluding hydrogens is 244 g/mol. The molecule has 1 aromatic rings. The zero-order valence-electron chi connectivity index (χ0n) is 11.7. The SMILES string of the molecule is CCCc1cc(C(=O)O)cc(NC(C)(C)CCO)n1. The van der Waals surface area contributed by atoms with Crippen LogP contribution in [-0.4, -0.2) is 33.3 Å². The lowest BCUT2D eigenvalue weighted by Gasteiger charge is -2.26. The second-order valence-electron chi connectivity index (χ2n) is 5.27. The van der Waals surface area contributed by atoms with Crippen molar-refractivity contribution in [3.8, 4) is 0 Å². The molecule has 5 heteroatoms. The van der Waals surface area contributed by atoms with Gasteiger partial charge in [0, 0.05) is 17.8 Å². The Kier molecular flexibility index (Phi) is 5.30. The lowest BCUT2D eigenvalue weighted by Crippen LogP contribution is -2.32. The normalized spacial score (nSPS) is 11.4. The Morgan fingerprint density at radius 3 is 2.63 bits per heavy atom. The first kappa shape index (κ1) is 15.4. The first-order chi connectivity index (χ1) is 8.88. The average Bonchev–Trinajstić information content (AvgIpc) is 2.27. The number of aliphatic hydroxyl groups is 1. The Morgan fingerprint density at radius 1 is 1.42 bits per heavy atom. The Balaban J connectivity index is 3.02. The van der Waals surface area contributed by atoms with Crippen LogP contribution in [0.25, 0.3) is 0 Å². The summed E-state index contributed by atoms with van der Waals surface area (Å²) in [4.78, 5) is 15.5. The van der Waals surface area contributed by atoms with E-state index in [1.807, 2.05) is 20.8 Å². The van der Waals surface area contributed by atoms with Gasteiger partial charge < -0.3 is 15.5 Å². The molecule has 0 aliphatic carbocycles. The minimum absolute atomic E-state index is 0.0699. The Hall–Kier alpha value is -1.62. The third-order valence-electron chi connectivity index (χ3n) is 2.83. The Labute approximate surface area is 113 Å². The number of aryl methyl sites for hydroxylation is 1. The van der Waals surface area contributed by atoms with Crippen LogP contribution in [0, 0.1) is 0 Å². The molecule has 3 N–H and O–H groups in total. The third-order valence-corrected chi connectivity index (χ3v) is 2.83. The van der Waals surface area contributed by atoms with Gasteiger partial charge in [0.05, 0.1) is 5.56 Å². The summed E-state index contributed by atoms with van der Waals surface area (Å²) < 4.78 is 0. The molecule has 0 atom stereocenters. The predicted molar refractivity (Wildman–Crippen MR) is 74.6 cm³/mol. The zero-order valence-corrected chi connectivity index (χ0v) is 11.7. The van der Waals surface area contributed by atoms with E-state index < -0.39 is 5.97 Å². The summed E-state index contributed by atoms with van der Waals surface area (Å²) in [5, 5.41) is 21.3. The van der Waals surface area contributed by atoms with Crippen molar-refractivity contribution in [2.75, 3.05) is 11.9 Å². The topological polar surface area (TPSA) is 82.5 Å². The predicted octanol–water partition coefficient (Wildman–Crippen LogP) is 2.31. The molecule has 1 heterocycles. The lowest BCUT2D eigenvalue weighted by molar-refractivity contribution is 0.0696. The van der Waals surface area contributed by atoms with E-state index >= 15 is 0 Å². The molecule has 19 heavy (non-hydrogen) atoms. The molecule has 0 radical (unpaired) electrons. The number of aromatic carboxylic acids is 1. The van der Waals surface area contributed by atoms with E-state index in [1.54, 1.807) is 6.07 Å². The number of anilines is 1. The molecule has 5 nitrogen and oxygen atoms in total. The number of pyridine rings is 1. The minimum atomic E-state index is -0.956. The van der Waals surface area contributed by atoms with Gasteiger partial charge in [-0.15, -0.1) is 0 Å². The minimum Gasteiger partial charge on any atom is -0.478 e. The van der Waals surface area contributed by atoms with E-state index in [1.165, 1.54) is 6.07 Å². The summed E-state index contributed by atoms with van der Waals surface area (Å²) in [7, 11) is 0. The molecule has 0 fully saturated rings. The van der Waals surface area contributed by atoms with Gasteiger partial charge in [-0.25, -0.2) is 9.78 Å². The number of carboxylic acids is 1. The van der Waals surface area contributed by atoms with Crippen LogP contribution in [0.5, 0.6) is 0 Å². The second-order valence-corrected chi connectivity index (χ2v) is 5.27. The molecule has 106 valence electrons. The molecule has 1 rings (SSSR count). The molecule has 0 aliphatic rings. The van der Waals surface area contributed by atoms with Crippen LogP contribution >= 0.6 is 0 Å². The molecule has 0 saturated heterocycles. The van der Waals surface area contributed by atoms with Crippen molar-refractivity contribution in [2.45, 2.75) is 45.6 Å². The van der Waals surface area contributed by atoms with Gasteiger partial charge in [-0.3, -0.25) is 0 Å². The average molecular weight is 266 g/mol. The number of nitrogens with one attached hydrogen (secondary N) is 1. The number of rotatable bonds is 7. The van der Waals surface area contributed by atoms with Gasteiger partial charge in [-0.05, 0) is 38.8 Å². The maximum absolute atomic E-state index is 11.1. The summed E-state index contributed by atoms with van der Waals surface area (Å²) >= 11 is 0. The van der Waals surface area contributed by atoms with Crippen LogP contribution in [0.1, 0.15) is 49.7 Å². The number of carbonyl (C=O) groups is 1. The molecule has 0 bridgehead atoms. The van der Waals surface area contributed by atoms with Crippen LogP contribution < -0.4 is 5.32 Å². The molecule has 0 aliphatic heterocycles. The summed E-state index contributed by atoms with van der Waals surface area (Å²) in [6.07, 6.45) is 2.22. The fraction of sp³-hybridized carbons (Fsp3) is 0.571. The Morgan fingerprint density at radius 2 is 2.11 bits per heavy atom. The maximum atomic E-state index is 11.1. The van der Waals surface area contributed by atoms with Crippen molar-refractivity contribution < 1.29 is 15.0 Å². The van der Waals surface area contributed by atoms with E-state index in [0.717, 1.165) is 18.5 Å². The summed E-state index contributed by atoms with van der Waals surface area (Å²) in [5.74, 6) is -0.412. The summed E-state index contributed by atoms with van der Waals surface area (Å²) in [6, 6.07) is 3.14. The molecule has 0 aromatic carbocycles. The highest BCUT2D eigenvalue weighted by molar-refractivity contribution is 5.88. The van der Waals surface area contributed by atoms with Crippen LogP contribution in [0.3, 0.4) is 0 Å². The van der Waals surface area contributed by atoms with Crippen LogP contribution in [0.4, 0.5) is 5.82 Å². The van der Waals surface area contributed by atoms with E-state index in [4.69, 9.17) is 10.2 Å². The highest BCUT2D eigenvalue weighted by Gasteiger charge is 2.18. The van der Waals surface area contributed by atoms with Crippen molar-refractivity contribution in [1.29, 1.82) is 0 Å². The number of nitrogens with zero attached hydrogens (tertiary/aromatic N) is 1. The number of aromatic nitrogens is 1. The van der Waals surface area contributed by atoms with E-state index in [-0.39, 0.29) is 17.7 Å². The molecule has 0 amide bonds. The fourth-order valence-corrected chi connectivity index (χ4v) is 1.85. The monoisotopic (exact) mass is 266 g/mol. The molecular formula is C14H22N2O3. The lowest BCUT2D eigenvalue weighted by atomic mass is 10.0. The molecule has 0 spiro atoms. The van der Waals surface area contributed by atoms with Crippen LogP contribution in [0.2, 0.25) is 0 Å². The van der Waals surface area contributed by atoms with Gasteiger partial charge in [0.25, 0.3) is 0 Å². The quantitative estimate of drug-likeness (QED) is 0.705. The zero-order chi connectivity index (χ0) is 14.5. The highest BCUT2D eigenvalue weighted by atomic mass is 16.4. The summed E-state index contributed by atoms with van der Waals surface area (Å²) in [6.45, 7) is 5.98. The number of hydrogen-bond acceptors (Lipinski definition) is 4. The smallest absolute Gasteiger partial charge is 0.335 e. The van der Waals surface area contributed by atoms with E-state index in [0.29, 0.717) is 12.2 Å². The van der Waals surface area contributed by atoms with Crippen molar-refractivity contribution in [2.24, 2.45) is 0 Å². The molecule has 0 saturated carbocycles. The maximum Gasteiger partial charge on any atom is 0.335 e. The largest absolute Gasteiger partial charge is 0.478 e. The fourth-order valence-electron chi connectivity index (χ4n) is 1.85.